The number of nitrogens with zero attached hydrogens (tertiary/aromatic N) is 2. The summed E-state index contributed by atoms with van der Waals surface area (Å²) >= 11 is 0. The average molecular weight is 417 g/mol. The van der Waals surface area contributed by atoms with E-state index in [2.05, 4.69) is 4.98 Å². The molecule has 0 unspecified atom stereocenters. The van der Waals surface area contributed by atoms with Gasteiger partial charge in [-0.25, -0.2) is 4.79 Å². The normalized spacial score (nSPS) is 24.6. The number of rotatable bonds is 5. The van der Waals surface area contributed by atoms with Gasteiger partial charge in [-0.3, -0.25) is 14.7 Å². The Labute approximate surface area is 180 Å². The van der Waals surface area contributed by atoms with Crippen LogP contribution in [-0.4, -0.2) is 45.2 Å². The average Bonchev–Trinajstić information content (AvgIpc) is 2.91. The van der Waals surface area contributed by atoms with E-state index in [1.165, 1.54) is 32.1 Å². The van der Waals surface area contributed by atoms with E-state index in [0.717, 1.165) is 6.42 Å². The molecule has 0 spiro atoms. The molecule has 2 heterocycles. The van der Waals surface area contributed by atoms with Gasteiger partial charge in [0.2, 0.25) is 0 Å². The van der Waals surface area contributed by atoms with Gasteiger partial charge < -0.3 is 9.47 Å². The van der Waals surface area contributed by atoms with E-state index in [0.29, 0.717) is 11.5 Å². The Bertz CT molecular complexity index is 735. The minimum Gasteiger partial charge on any atom is -0.444 e. The maximum Gasteiger partial charge on any atom is 0.412 e. The number of hydrogen-bond acceptors (Lipinski definition) is 5. The molecule has 0 N–H and O–H groups in total. The van der Waals surface area contributed by atoms with Crippen LogP contribution in [0.5, 0.6) is 0 Å². The standard InChI is InChI=1S/C24H36N2O4/c1-23(2,3)30-22(28)26-19(15-17-9-7-6-8-10-17)21(29-24(26,4)5)16-20(27)18-11-13-25-14-12-18/h11-14,17,19,21H,6-10,15-16H2,1-5H3/t19-,21-/m0/s1. The van der Waals surface area contributed by atoms with Gasteiger partial charge in [-0.1, -0.05) is 32.1 Å². The zero-order valence-electron chi connectivity index (χ0n) is 19.0. The van der Waals surface area contributed by atoms with E-state index < -0.39 is 11.3 Å². The molecule has 0 aromatic carbocycles. The van der Waals surface area contributed by atoms with E-state index in [-0.39, 0.29) is 30.4 Å². The molecule has 3 rings (SSSR count). The van der Waals surface area contributed by atoms with Gasteiger partial charge in [-0.05, 0) is 59.1 Å². The number of hydrogen-bond donors (Lipinski definition) is 0. The Kier molecular flexibility index (Phi) is 6.85. The van der Waals surface area contributed by atoms with Gasteiger partial charge >= 0.3 is 6.09 Å². The summed E-state index contributed by atoms with van der Waals surface area (Å²) in [5, 5.41) is 0. The molecule has 1 aliphatic carbocycles. The van der Waals surface area contributed by atoms with Crippen molar-refractivity contribution >= 4 is 11.9 Å². The van der Waals surface area contributed by atoms with E-state index >= 15 is 0 Å². The van der Waals surface area contributed by atoms with Crippen molar-refractivity contribution in [1.29, 1.82) is 0 Å². The third-order valence-corrected chi connectivity index (χ3v) is 6.06. The first-order chi connectivity index (χ1) is 14.1. The molecule has 1 saturated heterocycles. The van der Waals surface area contributed by atoms with Crippen LogP contribution >= 0.6 is 0 Å². The number of carbonyl (C=O) groups excluding carboxylic acids is 2. The second kappa shape index (κ2) is 9.04. The fourth-order valence-corrected chi connectivity index (χ4v) is 4.78. The third-order valence-electron chi connectivity index (χ3n) is 6.06. The van der Waals surface area contributed by atoms with Gasteiger partial charge in [-0.2, -0.15) is 0 Å². The van der Waals surface area contributed by atoms with Gasteiger partial charge in [-0.15, -0.1) is 0 Å². The maximum atomic E-state index is 13.2. The molecule has 1 aliphatic heterocycles. The first kappa shape index (κ1) is 22.7. The molecule has 0 bridgehead atoms. The predicted molar refractivity (Wildman–Crippen MR) is 115 cm³/mol. The first-order valence-electron chi connectivity index (χ1n) is 11.2. The molecule has 1 aromatic rings. The van der Waals surface area contributed by atoms with Gasteiger partial charge in [0.15, 0.2) is 5.78 Å². The lowest BCUT2D eigenvalue weighted by atomic mass is 9.82. The number of ketones is 1. The number of ether oxygens (including phenoxy) is 2. The fourth-order valence-electron chi connectivity index (χ4n) is 4.78. The van der Waals surface area contributed by atoms with E-state index in [1.807, 2.05) is 34.6 Å². The van der Waals surface area contributed by atoms with Gasteiger partial charge in [0, 0.05) is 24.4 Å². The van der Waals surface area contributed by atoms with Crippen molar-refractivity contribution in [1.82, 2.24) is 9.88 Å². The lowest BCUT2D eigenvalue weighted by Gasteiger charge is -2.36. The van der Waals surface area contributed by atoms with Crippen LogP contribution in [0.4, 0.5) is 4.79 Å². The summed E-state index contributed by atoms with van der Waals surface area (Å²) in [5.74, 6) is 0.558. The Morgan fingerprint density at radius 3 is 2.40 bits per heavy atom. The molecule has 1 saturated carbocycles. The molecule has 6 nitrogen and oxygen atoms in total. The Morgan fingerprint density at radius 1 is 1.17 bits per heavy atom. The monoisotopic (exact) mass is 416 g/mol. The van der Waals surface area contributed by atoms with Crippen LogP contribution in [0.2, 0.25) is 0 Å². The second-order valence-electron chi connectivity index (χ2n) is 10.1. The van der Waals surface area contributed by atoms with Crippen molar-refractivity contribution in [3.05, 3.63) is 30.1 Å². The highest BCUT2D eigenvalue weighted by atomic mass is 16.6. The Balaban J connectivity index is 1.83. The Morgan fingerprint density at radius 2 is 1.80 bits per heavy atom. The summed E-state index contributed by atoms with van der Waals surface area (Å²) < 4.78 is 12.1. The number of Topliss-reactive ketones (excluding diaryl/α,β-unsaturated/α-hetero) is 1. The van der Waals surface area contributed by atoms with Crippen LogP contribution in [0.15, 0.2) is 24.5 Å². The lowest BCUT2D eigenvalue weighted by Crippen LogP contribution is -2.51. The van der Waals surface area contributed by atoms with E-state index in [1.54, 1.807) is 29.4 Å². The molecule has 166 valence electrons. The zero-order valence-corrected chi connectivity index (χ0v) is 19.0. The van der Waals surface area contributed by atoms with Crippen molar-refractivity contribution < 1.29 is 19.1 Å². The molecule has 2 aliphatic rings. The van der Waals surface area contributed by atoms with Crippen molar-refractivity contribution in [2.45, 2.75) is 103 Å². The summed E-state index contributed by atoms with van der Waals surface area (Å²) in [6, 6.07) is 3.28. The fraction of sp³-hybridized carbons (Fsp3) is 0.708. The van der Waals surface area contributed by atoms with Crippen LogP contribution in [0.1, 0.15) is 89.9 Å². The molecule has 6 heteroatoms. The van der Waals surface area contributed by atoms with Gasteiger partial charge in [0.25, 0.3) is 0 Å². The second-order valence-corrected chi connectivity index (χ2v) is 10.1. The highest BCUT2D eigenvalue weighted by molar-refractivity contribution is 5.96. The van der Waals surface area contributed by atoms with Gasteiger partial charge in [0.05, 0.1) is 12.1 Å². The molecule has 2 atom stereocenters. The van der Waals surface area contributed by atoms with E-state index in [9.17, 15) is 9.59 Å². The third kappa shape index (κ3) is 5.60. The summed E-state index contributed by atoms with van der Waals surface area (Å²) in [5.41, 5.74) is -0.795. The van der Waals surface area contributed by atoms with Crippen molar-refractivity contribution in [2.75, 3.05) is 0 Å². The lowest BCUT2D eigenvalue weighted by molar-refractivity contribution is -0.0784. The van der Waals surface area contributed by atoms with E-state index in [4.69, 9.17) is 9.47 Å². The quantitative estimate of drug-likeness (QED) is 0.604. The summed E-state index contributed by atoms with van der Waals surface area (Å²) in [6.45, 7) is 9.39. The largest absolute Gasteiger partial charge is 0.444 e. The minimum atomic E-state index is -0.829. The highest BCUT2D eigenvalue weighted by Gasteiger charge is 2.52. The van der Waals surface area contributed by atoms with Gasteiger partial charge in [0.1, 0.15) is 11.3 Å². The van der Waals surface area contributed by atoms with Crippen molar-refractivity contribution in [3.63, 3.8) is 0 Å². The zero-order chi connectivity index (χ0) is 21.9. The summed E-state index contributed by atoms with van der Waals surface area (Å²) in [4.78, 5) is 31.8. The summed E-state index contributed by atoms with van der Waals surface area (Å²) in [7, 11) is 0. The van der Waals surface area contributed by atoms with Crippen LogP contribution < -0.4 is 0 Å². The molecule has 1 aromatic heterocycles. The smallest absolute Gasteiger partial charge is 0.412 e. The predicted octanol–water partition coefficient (Wildman–Crippen LogP) is 5.37. The molecule has 30 heavy (non-hydrogen) atoms. The maximum absolute atomic E-state index is 13.2. The van der Waals surface area contributed by atoms with Crippen LogP contribution in [0, 0.1) is 5.92 Å². The Hall–Kier alpha value is -1.95. The molecule has 0 radical (unpaired) electrons. The summed E-state index contributed by atoms with van der Waals surface area (Å²) in [6.07, 6.45) is 9.70. The minimum absolute atomic E-state index is 0.0119. The molecular weight excluding hydrogens is 380 g/mol. The number of amides is 1. The first-order valence-corrected chi connectivity index (χ1v) is 11.2. The van der Waals surface area contributed by atoms with Crippen LogP contribution in [0.25, 0.3) is 0 Å². The molecule has 2 fully saturated rings. The SMILES string of the molecule is CC(C)(C)OC(=O)N1[C@@H](CC2CCCCC2)[C@H](CC(=O)c2ccncc2)OC1(C)C. The topological polar surface area (TPSA) is 68.7 Å². The van der Waals surface area contributed by atoms with Crippen molar-refractivity contribution in [2.24, 2.45) is 5.92 Å². The number of carbonyl (C=O) groups is 2. The highest BCUT2D eigenvalue weighted by Crippen LogP contribution is 2.40. The number of pyridine rings is 1. The molecular formula is C24H36N2O4. The van der Waals surface area contributed by atoms with Crippen LogP contribution in [0.3, 0.4) is 0 Å². The van der Waals surface area contributed by atoms with Crippen LogP contribution in [-0.2, 0) is 9.47 Å². The number of aromatic nitrogens is 1. The molecule has 1 amide bonds. The van der Waals surface area contributed by atoms with Crippen molar-refractivity contribution in [3.8, 4) is 0 Å².